The summed E-state index contributed by atoms with van der Waals surface area (Å²) < 4.78 is 27.4. The molecule has 104 valence electrons. The molecule has 2 aromatic rings. The van der Waals surface area contributed by atoms with Gasteiger partial charge in [-0.25, -0.2) is 8.78 Å². The first kappa shape index (κ1) is 14.7. The number of benzene rings is 2. The predicted molar refractivity (Wildman–Crippen MR) is 77.9 cm³/mol. The van der Waals surface area contributed by atoms with Crippen molar-refractivity contribution in [2.24, 2.45) is 0 Å². The number of carbonyl (C=O) groups is 1. The highest BCUT2D eigenvalue weighted by molar-refractivity contribution is 9.10. The predicted octanol–water partition coefficient (Wildman–Crippen LogP) is 4.22. The Balaban J connectivity index is 2.30. The minimum Gasteiger partial charge on any atom is -0.398 e. The number of halogens is 4. The molecule has 7 heteroatoms. The molecule has 2 aromatic carbocycles. The SMILES string of the molecule is Nc1cc(C(=O)Nc2c(F)cc(Br)cc2F)ccc1Cl. The van der Waals surface area contributed by atoms with E-state index in [1.165, 1.54) is 18.2 Å². The summed E-state index contributed by atoms with van der Waals surface area (Å²) >= 11 is 8.68. The van der Waals surface area contributed by atoms with Gasteiger partial charge in [0.05, 0.1) is 10.7 Å². The molecule has 0 unspecified atom stereocenters. The highest BCUT2D eigenvalue weighted by atomic mass is 79.9. The lowest BCUT2D eigenvalue weighted by Gasteiger charge is -2.09. The van der Waals surface area contributed by atoms with Gasteiger partial charge in [-0.15, -0.1) is 0 Å². The van der Waals surface area contributed by atoms with Crippen molar-refractivity contribution in [2.45, 2.75) is 0 Å². The molecule has 0 heterocycles. The first-order valence-corrected chi connectivity index (χ1v) is 6.56. The first-order valence-electron chi connectivity index (χ1n) is 5.39. The van der Waals surface area contributed by atoms with Gasteiger partial charge in [-0.1, -0.05) is 27.5 Å². The molecular weight excluding hydrogens is 354 g/mol. The minimum atomic E-state index is -0.882. The molecule has 0 atom stereocenters. The third-order valence-corrected chi connectivity index (χ3v) is 3.31. The van der Waals surface area contributed by atoms with Gasteiger partial charge >= 0.3 is 0 Å². The zero-order valence-electron chi connectivity index (χ0n) is 9.88. The summed E-state index contributed by atoms with van der Waals surface area (Å²) in [5.41, 5.74) is 5.40. The van der Waals surface area contributed by atoms with E-state index in [0.29, 0.717) is 5.02 Å². The molecule has 0 aliphatic rings. The van der Waals surface area contributed by atoms with Crippen LogP contribution in [0.1, 0.15) is 10.4 Å². The summed E-state index contributed by atoms with van der Waals surface area (Å²) in [6.45, 7) is 0. The fourth-order valence-corrected chi connectivity index (χ4v) is 2.05. The van der Waals surface area contributed by atoms with Crippen molar-refractivity contribution in [3.8, 4) is 0 Å². The molecule has 0 radical (unpaired) electrons. The van der Waals surface area contributed by atoms with Crippen molar-refractivity contribution < 1.29 is 13.6 Å². The van der Waals surface area contributed by atoms with E-state index >= 15 is 0 Å². The van der Waals surface area contributed by atoms with Crippen LogP contribution in [-0.2, 0) is 0 Å². The number of hydrogen-bond donors (Lipinski definition) is 2. The third kappa shape index (κ3) is 3.08. The summed E-state index contributed by atoms with van der Waals surface area (Å²) in [7, 11) is 0. The minimum absolute atomic E-state index is 0.147. The molecular formula is C13H8BrClF2N2O. The summed E-state index contributed by atoms with van der Waals surface area (Å²) in [6.07, 6.45) is 0. The quantitative estimate of drug-likeness (QED) is 0.787. The molecule has 2 rings (SSSR count). The molecule has 0 aliphatic heterocycles. The lowest BCUT2D eigenvalue weighted by molar-refractivity contribution is 0.102. The number of hydrogen-bond acceptors (Lipinski definition) is 2. The Labute approximate surface area is 126 Å². The van der Waals surface area contributed by atoms with E-state index < -0.39 is 23.2 Å². The molecule has 1 amide bonds. The van der Waals surface area contributed by atoms with Crippen LogP contribution in [0.15, 0.2) is 34.8 Å². The molecule has 0 aromatic heterocycles. The van der Waals surface area contributed by atoms with Crippen LogP contribution in [-0.4, -0.2) is 5.91 Å². The summed E-state index contributed by atoms with van der Waals surface area (Å²) in [4.78, 5) is 11.9. The molecule has 0 spiro atoms. The Morgan fingerprint density at radius 2 is 1.80 bits per heavy atom. The van der Waals surface area contributed by atoms with Crippen molar-refractivity contribution in [1.82, 2.24) is 0 Å². The van der Waals surface area contributed by atoms with Gasteiger partial charge in [-0.3, -0.25) is 4.79 Å². The molecule has 0 saturated carbocycles. The van der Waals surface area contributed by atoms with Crippen LogP contribution >= 0.6 is 27.5 Å². The average Bonchev–Trinajstić information content (AvgIpc) is 2.36. The van der Waals surface area contributed by atoms with E-state index in [1.54, 1.807) is 0 Å². The highest BCUT2D eigenvalue weighted by Crippen LogP contribution is 2.25. The zero-order valence-corrected chi connectivity index (χ0v) is 12.2. The summed E-state index contributed by atoms with van der Waals surface area (Å²) in [5, 5.41) is 2.45. The Morgan fingerprint density at radius 1 is 1.20 bits per heavy atom. The number of nitrogens with one attached hydrogen (secondary N) is 1. The van der Waals surface area contributed by atoms with Crippen LogP contribution in [0, 0.1) is 11.6 Å². The van der Waals surface area contributed by atoms with Crippen LogP contribution in [0.2, 0.25) is 5.02 Å². The average molecular weight is 362 g/mol. The largest absolute Gasteiger partial charge is 0.398 e. The Kier molecular flexibility index (Phi) is 4.25. The first-order chi connectivity index (χ1) is 9.38. The topological polar surface area (TPSA) is 55.1 Å². The summed E-state index contributed by atoms with van der Waals surface area (Å²) in [5.74, 6) is -2.45. The molecule has 0 fully saturated rings. The van der Waals surface area contributed by atoms with Gasteiger partial charge in [0.25, 0.3) is 5.91 Å². The molecule has 0 bridgehead atoms. The molecule has 3 N–H and O–H groups in total. The number of carbonyl (C=O) groups excluding carboxylic acids is 1. The van der Waals surface area contributed by atoms with Gasteiger partial charge < -0.3 is 11.1 Å². The van der Waals surface area contributed by atoms with Gasteiger partial charge in [-0.2, -0.15) is 0 Å². The number of nitrogens with two attached hydrogens (primary N) is 1. The van der Waals surface area contributed by atoms with Gasteiger partial charge in [0.15, 0.2) is 11.6 Å². The monoisotopic (exact) mass is 360 g/mol. The zero-order chi connectivity index (χ0) is 14.9. The fraction of sp³-hybridized carbons (Fsp3) is 0. The molecule has 20 heavy (non-hydrogen) atoms. The number of rotatable bonds is 2. The number of amides is 1. The van der Waals surface area contributed by atoms with Crippen molar-refractivity contribution in [3.05, 3.63) is 57.0 Å². The van der Waals surface area contributed by atoms with Crippen LogP contribution in [0.4, 0.5) is 20.2 Å². The van der Waals surface area contributed by atoms with Gasteiger partial charge in [0.2, 0.25) is 0 Å². The van der Waals surface area contributed by atoms with E-state index in [4.69, 9.17) is 17.3 Å². The van der Waals surface area contributed by atoms with E-state index in [2.05, 4.69) is 21.2 Å². The van der Waals surface area contributed by atoms with Gasteiger partial charge in [-0.05, 0) is 30.3 Å². The highest BCUT2D eigenvalue weighted by Gasteiger charge is 2.15. The second-order valence-electron chi connectivity index (χ2n) is 3.93. The maximum atomic E-state index is 13.6. The Hall–Kier alpha value is -1.66. The summed E-state index contributed by atoms with van der Waals surface area (Å²) in [6, 6.07) is 6.26. The smallest absolute Gasteiger partial charge is 0.255 e. The maximum Gasteiger partial charge on any atom is 0.255 e. The standard InChI is InChI=1S/C13H8BrClF2N2O/c14-7-4-9(16)12(10(17)5-7)19-13(20)6-1-2-8(15)11(18)3-6/h1-5H,18H2,(H,19,20). The normalized spacial score (nSPS) is 10.4. The maximum absolute atomic E-state index is 13.6. The van der Waals surface area contributed by atoms with Crippen molar-refractivity contribution >= 4 is 44.8 Å². The lowest BCUT2D eigenvalue weighted by atomic mass is 10.2. The van der Waals surface area contributed by atoms with E-state index in [9.17, 15) is 13.6 Å². The lowest BCUT2D eigenvalue weighted by Crippen LogP contribution is -2.14. The number of anilines is 2. The Morgan fingerprint density at radius 3 is 2.35 bits per heavy atom. The molecule has 0 saturated heterocycles. The fourth-order valence-electron chi connectivity index (χ4n) is 1.53. The van der Waals surface area contributed by atoms with Crippen LogP contribution in [0.25, 0.3) is 0 Å². The van der Waals surface area contributed by atoms with Crippen molar-refractivity contribution in [2.75, 3.05) is 11.1 Å². The van der Waals surface area contributed by atoms with Crippen LogP contribution < -0.4 is 11.1 Å². The Bertz CT molecular complexity index is 671. The van der Waals surface area contributed by atoms with E-state index in [0.717, 1.165) is 12.1 Å². The number of nitrogen functional groups attached to an aromatic ring is 1. The second-order valence-corrected chi connectivity index (χ2v) is 5.26. The van der Waals surface area contributed by atoms with Crippen LogP contribution in [0.3, 0.4) is 0 Å². The van der Waals surface area contributed by atoms with E-state index in [-0.39, 0.29) is 15.7 Å². The third-order valence-electron chi connectivity index (χ3n) is 2.50. The van der Waals surface area contributed by atoms with Gasteiger partial charge in [0, 0.05) is 10.0 Å². The van der Waals surface area contributed by atoms with Gasteiger partial charge in [0.1, 0.15) is 5.69 Å². The second kappa shape index (κ2) is 5.76. The molecule has 0 aliphatic carbocycles. The van der Waals surface area contributed by atoms with E-state index in [1.807, 2.05) is 0 Å². The van der Waals surface area contributed by atoms with Crippen LogP contribution in [0.5, 0.6) is 0 Å². The van der Waals surface area contributed by atoms with Crippen molar-refractivity contribution in [3.63, 3.8) is 0 Å². The van der Waals surface area contributed by atoms with Crippen molar-refractivity contribution in [1.29, 1.82) is 0 Å². The molecule has 3 nitrogen and oxygen atoms in total.